The number of benzene rings is 3. The average molecular weight is 428 g/mol. The van der Waals surface area contributed by atoms with Crippen molar-refractivity contribution >= 4 is 23.3 Å². The highest BCUT2D eigenvalue weighted by atomic mass is 16.5. The molecule has 0 bridgehead atoms. The van der Waals surface area contributed by atoms with Crippen molar-refractivity contribution in [2.24, 2.45) is 0 Å². The highest BCUT2D eigenvalue weighted by molar-refractivity contribution is 6.01. The van der Waals surface area contributed by atoms with E-state index in [1.807, 2.05) is 36.4 Å². The van der Waals surface area contributed by atoms with Crippen LogP contribution in [0.15, 0.2) is 72.8 Å². The van der Waals surface area contributed by atoms with Crippen LogP contribution in [-0.4, -0.2) is 30.7 Å². The van der Waals surface area contributed by atoms with Crippen molar-refractivity contribution < 1.29 is 19.1 Å². The first kappa shape index (κ1) is 21.3. The monoisotopic (exact) mass is 428 g/mol. The third-order valence-corrected chi connectivity index (χ3v) is 5.38. The Morgan fingerprint density at radius 3 is 2.50 bits per heavy atom. The maximum absolute atomic E-state index is 12.6. The molecule has 0 unspecified atom stereocenters. The molecule has 0 saturated carbocycles. The van der Waals surface area contributed by atoms with Gasteiger partial charge in [-0.15, -0.1) is 0 Å². The van der Waals surface area contributed by atoms with Gasteiger partial charge in [-0.25, -0.2) is 0 Å². The molecule has 1 heterocycles. The van der Waals surface area contributed by atoms with Crippen molar-refractivity contribution in [1.29, 1.82) is 0 Å². The van der Waals surface area contributed by atoms with E-state index in [0.717, 1.165) is 17.5 Å². The van der Waals surface area contributed by atoms with E-state index >= 15 is 0 Å². The predicted octanol–water partition coefficient (Wildman–Crippen LogP) is 3.79. The van der Waals surface area contributed by atoms with E-state index in [-0.39, 0.29) is 30.7 Å². The molecule has 1 aliphatic rings. The summed E-state index contributed by atoms with van der Waals surface area (Å²) in [5, 5.41) is 2.95. The number of fused-ring (bicyclic) bond motifs is 1. The summed E-state index contributed by atoms with van der Waals surface area (Å²) in [7, 11) is 0. The largest absolute Gasteiger partial charge is 0.482 e. The Balaban J connectivity index is 1.47. The highest BCUT2D eigenvalue weighted by Gasteiger charge is 2.26. The zero-order valence-electron chi connectivity index (χ0n) is 17.8. The van der Waals surface area contributed by atoms with E-state index < -0.39 is 0 Å². The van der Waals surface area contributed by atoms with Gasteiger partial charge in [0, 0.05) is 17.7 Å². The smallest absolute Gasteiger partial charge is 0.265 e. The van der Waals surface area contributed by atoms with Crippen LogP contribution >= 0.6 is 0 Å². The molecule has 3 aromatic carbocycles. The van der Waals surface area contributed by atoms with Gasteiger partial charge in [0.05, 0.1) is 12.2 Å². The Labute approximate surface area is 186 Å². The molecule has 162 valence electrons. The first-order valence-electron chi connectivity index (χ1n) is 10.5. The number of hydrogen-bond donors (Lipinski definition) is 1. The number of hydrogen-bond acceptors (Lipinski definition) is 4. The predicted molar refractivity (Wildman–Crippen MR) is 122 cm³/mol. The Hall–Kier alpha value is -3.93. The molecular weight excluding hydrogens is 404 g/mol. The van der Waals surface area contributed by atoms with E-state index in [0.29, 0.717) is 29.1 Å². The summed E-state index contributed by atoms with van der Waals surface area (Å²) in [5.74, 6) is 0.121. The van der Waals surface area contributed by atoms with Gasteiger partial charge in [0.1, 0.15) is 5.75 Å². The average Bonchev–Trinajstić information content (AvgIpc) is 2.81. The van der Waals surface area contributed by atoms with Crippen LogP contribution in [0.2, 0.25) is 0 Å². The molecule has 2 amide bonds. The van der Waals surface area contributed by atoms with Gasteiger partial charge in [0.15, 0.2) is 12.4 Å². The summed E-state index contributed by atoms with van der Waals surface area (Å²) in [6.07, 6.45) is 0.754. The van der Waals surface area contributed by atoms with Crippen molar-refractivity contribution in [1.82, 2.24) is 5.32 Å². The lowest BCUT2D eigenvalue weighted by molar-refractivity contribution is -0.121. The highest BCUT2D eigenvalue weighted by Crippen LogP contribution is 2.34. The second kappa shape index (κ2) is 9.47. The number of carbonyl (C=O) groups is 3. The third kappa shape index (κ3) is 4.86. The number of rotatable bonds is 7. The molecule has 0 fully saturated rings. The van der Waals surface area contributed by atoms with Gasteiger partial charge in [-0.3, -0.25) is 14.4 Å². The van der Waals surface area contributed by atoms with Gasteiger partial charge in [-0.1, -0.05) is 42.5 Å². The van der Waals surface area contributed by atoms with Gasteiger partial charge in [-0.05, 0) is 54.8 Å². The van der Waals surface area contributed by atoms with Crippen molar-refractivity contribution in [3.63, 3.8) is 0 Å². The Kier molecular flexibility index (Phi) is 6.31. The topological polar surface area (TPSA) is 75.7 Å². The molecule has 0 saturated heterocycles. The summed E-state index contributed by atoms with van der Waals surface area (Å²) < 4.78 is 5.51. The Morgan fingerprint density at radius 2 is 1.72 bits per heavy atom. The number of nitrogens with zero attached hydrogens (tertiary/aromatic N) is 1. The summed E-state index contributed by atoms with van der Waals surface area (Å²) >= 11 is 0. The fourth-order valence-electron chi connectivity index (χ4n) is 3.66. The van der Waals surface area contributed by atoms with E-state index in [2.05, 4.69) is 5.32 Å². The molecule has 4 rings (SSSR count). The zero-order chi connectivity index (χ0) is 22.5. The lowest BCUT2D eigenvalue weighted by atomic mass is 10.1. The number of Topliss-reactive ketones (excluding diaryl/α,β-unsaturated/α-hetero) is 1. The van der Waals surface area contributed by atoms with E-state index in [4.69, 9.17) is 4.74 Å². The van der Waals surface area contributed by atoms with Crippen molar-refractivity contribution in [3.8, 4) is 5.75 Å². The molecule has 1 aliphatic heterocycles. The fraction of sp³-hybridized carbons (Fsp3) is 0.192. The Morgan fingerprint density at radius 1 is 0.938 bits per heavy atom. The quantitative estimate of drug-likeness (QED) is 0.581. The van der Waals surface area contributed by atoms with E-state index in [9.17, 15) is 14.4 Å². The van der Waals surface area contributed by atoms with Crippen LogP contribution in [0.1, 0.15) is 38.8 Å². The summed E-state index contributed by atoms with van der Waals surface area (Å²) in [6, 6.07) is 22.3. The maximum atomic E-state index is 12.6. The van der Waals surface area contributed by atoms with Crippen LogP contribution in [0, 0.1) is 0 Å². The summed E-state index contributed by atoms with van der Waals surface area (Å²) in [4.78, 5) is 38.6. The second-order valence-electron chi connectivity index (χ2n) is 7.70. The van der Waals surface area contributed by atoms with Gasteiger partial charge >= 0.3 is 0 Å². The third-order valence-electron chi connectivity index (χ3n) is 5.38. The molecule has 3 aromatic rings. The maximum Gasteiger partial charge on any atom is 0.265 e. The molecule has 0 aliphatic carbocycles. The number of ketones is 1. The van der Waals surface area contributed by atoms with Crippen molar-refractivity contribution in [2.45, 2.75) is 19.9 Å². The van der Waals surface area contributed by atoms with Crippen LogP contribution in [0.25, 0.3) is 0 Å². The van der Waals surface area contributed by atoms with Crippen LogP contribution in [0.3, 0.4) is 0 Å². The van der Waals surface area contributed by atoms with Gasteiger partial charge in [0.2, 0.25) is 0 Å². The lowest BCUT2D eigenvalue weighted by Gasteiger charge is -2.30. The van der Waals surface area contributed by atoms with Crippen LogP contribution in [0.5, 0.6) is 5.75 Å². The molecule has 6 nitrogen and oxygen atoms in total. The number of ether oxygens (including phenoxy) is 1. The minimum atomic E-state index is -0.198. The fourth-order valence-corrected chi connectivity index (χ4v) is 3.66. The zero-order valence-corrected chi connectivity index (χ0v) is 17.8. The summed E-state index contributed by atoms with van der Waals surface area (Å²) in [6.45, 7) is 2.24. The molecular formula is C26H24N2O4. The van der Waals surface area contributed by atoms with Crippen molar-refractivity contribution in [2.75, 3.05) is 18.1 Å². The molecule has 0 radical (unpaired) electrons. The normalized spacial score (nSPS) is 12.7. The number of amides is 2. The summed E-state index contributed by atoms with van der Waals surface area (Å²) in [5.41, 5.74) is 3.59. The standard InChI is InChI=1S/C26H24N2O4/c1-18(29)21-10-11-24-23(15-21)28(25(30)17-32-24)16-20-8-5-9-22(14-20)26(31)27-13-12-19-6-3-2-4-7-19/h2-11,14-15H,12-13,16-17H2,1H3,(H,27,31). The molecule has 6 heteroatoms. The SMILES string of the molecule is CC(=O)c1ccc2c(c1)N(Cc1cccc(C(=O)NCCc3ccccc3)c1)C(=O)CO2. The molecule has 1 N–H and O–H groups in total. The minimum Gasteiger partial charge on any atom is -0.482 e. The first-order chi connectivity index (χ1) is 15.5. The number of nitrogens with one attached hydrogen (secondary N) is 1. The molecule has 0 aromatic heterocycles. The first-order valence-corrected chi connectivity index (χ1v) is 10.5. The molecule has 0 spiro atoms. The molecule has 32 heavy (non-hydrogen) atoms. The van der Waals surface area contributed by atoms with Gasteiger partial charge in [-0.2, -0.15) is 0 Å². The Bertz CT molecular complexity index is 1160. The lowest BCUT2D eigenvalue weighted by Crippen LogP contribution is -2.38. The molecule has 0 atom stereocenters. The van der Waals surface area contributed by atoms with Gasteiger partial charge in [0.25, 0.3) is 11.8 Å². The number of carbonyl (C=O) groups excluding carboxylic acids is 3. The number of anilines is 1. The van der Waals surface area contributed by atoms with Crippen molar-refractivity contribution in [3.05, 3.63) is 95.1 Å². The van der Waals surface area contributed by atoms with E-state index in [1.54, 1.807) is 41.3 Å². The van der Waals surface area contributed by atoms with E-state index in [1.165, 1.54) is 6.92 Å². The van der Waals surface area contributed by atoms with Crippen LogP contribution in [0.4, 0.5) is 5.69 Å². The minimum absolute atomic E-state index is 0.0634. The van der Waals surface area contributed by atoms with Gasteiger partial charge < -0.3 is 15.0 Å². The second-order valence-corrected chi connectivity index (χ2v) is 7.70. The van der Waals surface area contributed by atoms with Crippen LogP contribution < -0.4 is 15.0 Å². The van der Waals surface area contributed by atoms with Crippen LogP contribution in [-0.2, 0) is 17.8 Å².